The molecule has 3 fully saturated rings. The number of hydrogen-bond acceptors (Lipinski definition) is 2. The van der Waals surface area contributed by atoms with Crippen LogP contribution in [-0.4, -0.2) is 36.6 Å². The quantitative estimate of drug-likeness (QED) is 0.819. The zero-order chi connectivity index (χ0) is 11.1. The highest BCUT2D eigenvalue weighted by Gasteiger charge is 2.40. The Bertz CT molecular complexity index is 249. The number of piperazine rings is 1. The summed E-state index contributed by atoms with van der Waals surface area (Å²) in [6, 6.07) is 1.37. The van der Waals surface area contributed by atoms with Crippen molar-refractivity contribution in [1.82, 2.24) is 10.2 Å². The fourth-order valence-corrected chi connectivity index (χ4v) is 4.52. The van der Waals surface area contributed by atoms with Crippen LogP contribution >= 0.6 is 12.4 Å². The topological polar surface area (TPSA) is 15.3 Å². The van der Waals surface area contributed by atoms with Crippen LogP contribution in [0.4, 0.5) is 0 Å². The lowest BCUT2D eigenvalue weighted by Gasteiger charge is -2.38. The molecule has 1 aliphatic heterocycles. The number of fused-ring (bicyclic) bond motifs is 2. The molecule has 0 amide bonds. The summed E-state index contributed by atoms with van der Waals surface area (Å²) in [5.74, 6) is 3.23. The average Bonchev–Trinajstić information content (AvgIpc) is 2.77. The third-order valence-electron chi connectivity index (χ3n) is 5.01. The van der Waals surface area contributed by atoms with Crippen molar-refractivity contribution in [3.63, 3.8) is 0 Å². The minimum Gasteiger partial charge on any atom is -0.309 e. The summed E-state index contributed by atoms with van der Waals surface area (Å²) in [5, 5.41) is 3.63. The van der Waals surface area contributed by atoms with Gasteiger partial charge in [0, 0.05) is 31.7 Å². The van der Waals surface area contributed by atoms with Crippen molar-refractivity contribution >= 4 is 12.4 Å². The Morgan fingerprint density at radius 2 is 1.76 bits per heavy atom. The van der Waals surface area contributed by atoms with E-state index in [-0.39, 0.29) is 12.4 Å². The molecular weight excluding hydrogens is 232 g/mol. The predicted molar refractivity (Wildman–Crippen MR) is 74.7 cm³/mol. The van der Waals surface area contributed by atoms with Gasteiger partial charge in [0.15, 0.2) is 0 Å². The second-order valence-corrected chi connectivity index (χ2v) is 6.62. The van der Waals surface area contributed by atoms with E-state index < -0.39 is 0 Å². The monoisotopic (exact) mass is 258 g/mol. The van der Waals surface area contributed by atoms with E-state index in [1.807, 2.05) is 0 Å². The molecule has 0 spiro atoms. The van der Waals surface area contributed by atoms with E-state index in [0.29, 0.717) is 12.1 Å². The highest BCUT2D eigenvalue weighted by atomic mass is 35.5. The Kier molecular flexibility index (Phi) is 4.38. The molecule has 0 radical (unpaired) electrons. The van der Waals surface area contributed by atoms with Crippen molar-refractivity contribution in [2.24, 2.45) is 17.8 Å². The largest absolute Gasteiger partial charge is 0.309 e. The van der Waals surface area contributed by atoms with Gasteiger partial charge >= 0.3 is 0 Å². The zero-order valence-electron chi connectivity index (χ0n) is 11.2. The number of halogens is 1. The number of hydrogen-bond donors (Lipinski definition) is 1. The van der Waals surface area contributed by atoms with Crippen molar-refractivity contribution in [2.75, 3.05) is 19.6 Å². The molecule has 5 unspecified atom stereocenters. The first-order valence-corrected chi connectivity index (χ1v) is 7.19. The molecule has 3 heteroatoms. The van der Waals surface area contributed by atoms with Crippen molar-refractivity contribution in [2.45, 2.75) is 51.6 Å². The minimum atomic E-state index is 0. The Balaban J connectivity index is 0.00000108. The van der Waals surface area contributed by atoms with E-state index in [1.54, 1.807) is 6.42 Å². The molecule has 0 aromatic carbocycles. The summed E-state index contributed by atoms with van der Waals surface area (Å²) in [4.78, 5) is 2.72. The van der Waals surface area contributed by atoms with Gasteiger partial charge in [0.05, 0.1) is 0 Å². The predicted octanol–water partition coefficient (Wildman–Crippen LogP) is 2.53. The van der Waals surface area contributed by atoms with Crippen LogP contribution in [0.1, 0.15) is 39.5 Å². The van der Waals surface area contributed by atoms with Gasteiger partial charge in [0.2, 0.25) is 0 Å². The van der Waals surface area contributed by atoms with E-state index in [9.17, 15) is 0 Å². The minimum absolute atomic E-state index is 0. The van der Waals surface area contributed by atoms with Gasteiger partial charge in [-0.3, -0.25) is 4.90 Å². The van der Waals surface area contributed by atoms with Crippen LogP contribution in [0.2, 0.25) is 0 Å². The molecule has 2 aliphatic carbocycles. The average molecular weight is 259 g/mol. The molecule has 2 saturated carbocycles. The Labute approximate surface area is 112 Å². The normalized spacial score (nSPS) is 45.9. The van der Waals surface area contributed by atoms with Crippen molar-refractivity contribution in [1.29, 1.82) is 0 Å². The number of nitrogens with one attached hydrogen (secondary N) is 1. The fourth-order valence-electron chi connectivity index (χ4n) is 4.52. The Morgan fingerprint density at radius 1 is 1.06 bits per heavy atom. The van der Waals surface area contributed by atoms with E-state index in [4.69, 9.17) is 0 Å². The SMILES string of the molecule is CC1CN(CC2CC3CCC2C3)CC(C)N1.Cl. The van der Waals surface area contributed by atoms with E-state index >= 15 is 0 Å². The van der Waals surface area contributed by atoms with Crippen LogP contribution in [0.3, 0.4) is 0 Å². The zero-order valence-corrected chi connectivity index (χ0v) is 12.0. The molecule has 5 atom stereocenters. The fraction of sp³-hybridized carbons (Fsp3) is 1.00. The van der Waals surface area contributed by atoms with Gasteiger partial charge in [-0.2, -0.15) is 0 Å². The van der Waals surface area contributed by atoms with Crippen molar-refractivity contribution in [3.8, 4) is 0 Å². The summed E-state index contributed by atoms with van der Waals surface area (Å²) in [7, 11) is 0. The molecule has 1 heterocycles. The molecule has 1 saturated heterocycles. The number of rotatable bonds is 2. The summed E-state index contributed by atoms with van der Waals surface area (Å²) in [6.07, 6.45) is 6.17. The molecule has 17 heavy (non-hydrogen) atoms. The lowest BCUT2D eigenvalue weighted by molar-refractivity contribution is 0.131. The van der Waals surface area contributed by atoms with Crippen molar-refractivity contribution in [3.05, 3.63) is 0 Å². The van der Waals surface area contributed by atoms with Crippen LogP contribution in [0.15, 0.2) is 0 Å². The maximum atomic E-state index is 3.63. The lowest BCUT2D eigenvalue weighted by atomic mass is 9.88. The van der Waals surface area contributed by atoms with Gasteiger partial charge < -0.3 is 5.32 Å². The first kappa shape index (κ1) is 13.6. The summed E-state index contributed by atoms with van der Waals surface area (Å²) < 4.78 is 0. The van der Waals surface area contributed by atoms with Crippen LogP contribution in [0.5, 0.6) is 0 Å². The van der Waals surface area contributed by atoms with Gasteiger partial charge in [-0.15, -0.1) is 12.4 Å². The number of nitrogens with zero attached hydrogens (tertiary/aromatic N) is 1. The first-order chi connectivity index (χ1) is 7.70. The molecule has 3 aliphatic rings. The van der Waals surface area contributed by atoms with Crippen LogP contribution in [0, 0.1) is 17.8 Å². The third-order valence-corrected chi connectivity index (χ3v) is 5.01. The molecule has 100 valence electrons. The lowest BCUT2D eigenvalue weighted by Crippen LogP contribution is -2.55. The maximum Gasteiger partial charge on any atom is 0.0169 e. The standard InChI is InChI=1S/C14H26N2.ClH/c1-10-7-16(8-11(2)15-10)9-14-6-12-3-4-13(14)5-12;/h10-15H,3-9H2,1-2H3;1H. The highest BCUT2D eigenvalue weighted by molar-refractivity contribution is 5.85. The summed E-state index contributed by atoms with van der Waals surface area (Å²) in [5.41, 5.74) is 0. The molecule has 1 N–H and O–H groups in total. The highest BCUT2D eigenvalue weighted by Crippen LogP contribution is 2.48. The summed E-state index contributed by atoms with van der Waals surface area (Å²) >= 11 is 0. The molecule has 3 rings (SSSR count). The third kappa shape index (κ3) is 2.97. The Morgan fingerprint density at radius 3 is 2.29 bits per heavy atom. The smallest absolute Gasteiger partial charge is 0.0169 e. The first-order valence-electron chi connectivity index (χ1n) is 7.19. The van der Waals surface area contributed by atoms with Crippen LogP contribution in [-0.2, 0) is 0 Å². The molecule has 2 bridgehead atoms. The maximum absolute atomic E-state index is 3.63. The van der Waals surface area contributed by atoms with Gasteiger partial charge in [-0.25, -0.2) is 0 Å². The van der Waals surface area contributed by atoms with E-state index in [0.717, 1.165) is 17.8 Å². The van der Waals surface area contributed by atoms with Gasteiger partial charge in [0.25, 0.3) is 0 Å². The van der Waals surface area contributed by atoms with Gasteiger partial charge in [-0.05, 0) is 50.9 Å². The molecule has 2 nitrogen and oxygen atoms in total. The van der Waals surface area contributed by atoms with Crippen LogP contribution in [0.25, 0.3) is 0 Å². The van der Waals surface area contributed by atoms with Gasteiger partial charge in [-0.1, -0.05) is 6.42 Å². The molecular formula is C14H27ClN2. The van der Waals surface area contributed by atoms with E-state index in [1.165, 1.54) is 38.9 Å². The van der Waals surface area contributed by atoms with Crippen molar-refractivity contribution < 1.29 is 0 Å². The second-order valence-electron chi connectivity index (χ2n) is 6.62. The van der Waals surface area contributed by atoms with Crippen LogP contribution < -0.4 is 5.32 Å². The molecule has 0 aromatic heterocycles. The second kappa shape index (κ2) is 5.46. The van der Waals surface area contributed by atoms with E-state index in [2.05, 4.69) is 24.1 Å². The summed E-state index contributed by atoms with van der Waals surface area (Å²) in [6.45, 7) is 8.56. The van der Waals surface area contributed by atoms with Gasteiger partial charge in [0.1, 0.15) is 0 Å². The Hall–Kier alpha value is 0.210. The molecule has 0 aromatic rings.